The van der Waals surface area contributed by atoms with Gasteiger partial charge in [0.05, 0.1) is 0 Å². The van der Waals surface area contributed by atoms with Crippen molar-refractivity contribution < 1.29 is 0 Å². The molecule has 1 atom stereocenters. The molecule has 2 aromatic carbocycles. The molecule has 0 saturated heterocycles. The number of benzene rings is 2. The molecule has 0 aliphatic rings. The van der Waals surface area contributed by atoms with E-state index in [1.165, 1.54) is 11.1 Å². The number of aryl methyl sites for hydroxylation is 1. The van der Waals surface area contributed by atoms with E-state index in [4.69, 9.17) is 0 Å². The van der Waals surface area contributed by atoms with E-state index in [9.17, 15) is 0 Å². The molecular formula is C18H18. The fourth-order valence-electron chi connectivity index (χ4n) is 2.07. The fourth-order valence-corrected chi connectivity index (χ4v) is 2.07. The highest BCUT2D eigenvalue weighted by molar-refractivity contribution is 5.40. The van der Waals surface area contributed by atoms with Crippen molar-refractivity contribution in [1.29, 1.82) is 0 Å². The Morgan fingerprint density at radius 1 is 0.944 bits per heavy atom. The van der Waals surface area contributed by atoms with Crippen LogP contribution in [-0.2, 0) is 0 Å². The van der Waals surface area contributed by atoms with E-state index in [0.29, 0.717) is 5.92 Å². The lowest BCUT2D eigenvalue weighted by Gasteiger charge is -2.11. The Kier molecular flexibility index (Phi) is 4.20. The highest BCUT2D eigenvalue weighted by Gasteiger charge is 2.07. The summed E-state index contributed by atoms with van der Waals surface area (Å²) in [6.45, 7) is 4.35. The Balaban J connectivity index is 2.26. The zero-order valence-corrected chi connectivity index (χ0v) is 11.0. The quantitative estimate of drug-likeness (QED) is 0.669. The molecular weight excluding hydrogens is 216 g/mol. The molecule has 2 aromatic rings. The van der Waals surface area contributed by atoms with Gasteiger partial charge in [0.1, 0.15) is 0 Å². The van der Waals surface area contributed by atoms with Gasteiger partial charge in [0.2, 0.25) is 0 Å². The molecule has 0 N–H and O–H groups in total. The first-order chi connectivity index (χ1) is 8.81. The summed E-state index contributed by atoms with van der Waals surface area (Å²) in [7, 11) is 0. The van der Waals surface area contributed by atoms with Crippen molar-refractivity contribution in [2.45, 2.75) is 26.2 Å². The van der Waals surface area contributed by atoms with Crippen LogP contribution in [0.25, 0.3) is 0 Å². The summed E-state index contributed by atoms with van der Waals surface area (Å²) in [6.07, 6.45) is 1.05. The molecule has 0 bridgehead atoms. The normalized spacial score (nSPS) is 11.4. The molecule has 0 heteroatoms. The third-order valence-corrected chi connectivity index (χ3v) is 3.14. The molecule has 0 unspecified atom stereocenters. The van der Waals surface area contributed by atoms with Gasteiger partial charge in [-0.15, -0.1) is 0 Å². The second-order valence-corrected chi connectivity index (χ2v) is 4.45. The lowest BCUT2D eigenvalue weighted by Crippen LogP contribution is -1.96. The van der Waals surface area contributed by atoms with Crippen LogP contribution in [0.2, 0.25) is 0 Å². The fraction of sp³-hybridized carbons (Fsp3) is 0.222. The lowest BCUT2D eigenvalue weighted by molar-refractivity contribution is 0.823. The first-order valence-corrected chi connectivity index (χ1v) is 6.43. The molecule has 0 aliphatic carbocycles. The summed E-state index contributed by atoms with van der Waals surface area (Å²) < 4.78 is 0. The van der Waals surface area contributed by atoms with E-state index in [0.717, 1.165) is 12.0 Å². The Bertz CT molecular complexity index is 555. The monoisotopic (exact) mass is 234 g/mol. The molecule has 2 rings (SSSR count). The van der Waals surface area contributed by atoms with Crippen molar-refractivity contribution in [2.75, 3.05) is 0 Å². The topological polar surface area (TPSA) is 0 Å². The molecule has 90 valence electrons. The molecule has 0 saturated carbocycles. The molecule has 0 aromatic heterocycles. The van der Waals surface area contributed by atoms with Gasteiger partial charge in [-0.25, -0.2) is 0 Å². The van der Waals surface area contributed by atoms with Crippen molar-refractivity contribution in [1.82, 2.24) is 0 Å². The molecule has 0 heterocycles. The van der Waals surface area contributed by atoms with Crippen LogP contribution in [0, 0.1) is 18.8 Å². The van der Waals surface area contributed by atoms with Gasteiger partial charge in [-0.1, -0.05) is 61.2 Å². The maximum Gasteiger partial charge on any atom is 0.0456 e. The van der Waals surface area contributed by atoms with Crippen molar-refractivity contribution in [3.8, 4) is 11.8 Å². The minimum atomic E-state index is 0.325. The van der Waals surface area contributed by atoms with Crippen LogP contribution in [0.15, 0.2) is 54.6 Å². The zero-order valence-electron chi connectivity index (χ0n) is 11.0. The van der Waals surface area contributed by atoms with Crippen LogP contribution in [0.5, 0.6) is 0 Å². The van der Waals surface area contributed by atoms with E-state index in [2.05, 4.69) is 62.1 Å². The molecule has 0 radical (unpaired) electrons. The van der Waals surface area contributed by atoms with Crippen LogP contribution in [-0.4, -0.2) is 0 Å². The summed E-state index contributed by atoms with van der Waals surface area (Å²) in [5.41, 5.74) is 3.76. The Morgan fingerprint density at radius 2 is 1.61 bits per heavy atom. The maximum absolute atomic E-state index is 3.39. The number of hydrogen-bond donors (Lipinski definition) is 0. The van der Waals surface area contributed by atoms with E-state index >= 15 is 0 Å². The second-order valence-electron chi connectivity index (χ2n) is 4.45. The summed E-state index contributed by atoms with van der Waals surface area (Å²) in [4.78, 5) is 0. The first-order valence-electron chi connectivity index (χ1n) is 6.43. The largest absolute Gasteiger partial charge is 0.0897 e. The van der Waals surface area contributed by atoms with Crippen LogP contribution < -0.4 is 0 Å². The van der Waals surface area contributed by atoms with Crippen LogP contribution >= 0.6 is 0 Å². The van der Waals surface area contributed by atoms with Crippen molar-refractivity contribution in [2.24, 2.45) is 0 Å². The van der Waals surface area contributed by atoms with Gasteiger partial charge >= 0.3 is 0 Å². The highest BCUT2D eigenvalue weighted by Crippen LogP contribution is 2.22. The average Bonchev–Trinajstić information content (AvgIpc) is 2.42. The third-order valence-electron chi connectivity index (χ3n) is 3.14. The van der Waals surface area contributed by atoms with Crippen LogP contribution in [0.4, 0.5) is 0 Å². The maximum atomic E-state index is 3.39. The van der Waals surface area contributed by atoms with Gasteiger partial charge < -0.3 is 0 Å². The minimum absolute atomic E-state index is 0.325. The minimum Gasteiger partial charge on any atom is -0.0897 e. The molecule has 0 spiro atoms. The molecule has 18 heavy (non-hydrogen) atoms. The van der Waals surface area contributed by atoms with Gasteiger partial charge in [0.25, 0.3) is 0 Å². The summed E-state index contributed by atoms with van der Waals surface area (Å²) >= 11 is 0. The molecule has 0 nitrogen and oxygen atoms in total. The summed E-state index contributed by atoms with van der Waals surface area (Å²) in [5.74, 6) is 6.99. The Morgan fingerprint density at radius 3 is 2.28 bits per heavy atom. The standard InChI is InChI=1S/C18H18/c1-3-17(18-12-8-7-9-15(18)2)14-13-16-10-5-4-6-11-16/h4-12,17H,3H2,1-2H3/t17-/m0/s1. The van der Waals surface area contributed by atoms with Gasteiger partial charge in [0.15, 0.2) is 0 Å². The number of hydrogen-bond acceptors (Lipinski definition) is 0. The predicted octanol–water partition coefficient (Wildman–Crippen LogP) is 4.54. The van der Waals surface area contributed by atoms with Crippen LogP contribution in [0.1, 0.15) is 36.0 Å². The first kappa shape index (κ1) is 12.5. The van der Waals surface area contributed by atoms with E-state index in [-0.39, 0.29) is 0 Å². The highest BCUT2D eigenvalue weighted by atomic mass is 14.1. The van der Waals surface area contributed by atoms with E-state index < -0.39 is 0 Å². The summed E-state index contributed by atoms with van der Waals surface area (Å²) in [5, 5.41) is 0. The van der Waals surface area contributed by atoms with E-state index in [1.54, 1.807) is 0 Å². The van der Waals surface area contributed by atoms with Crippen molar-refractivity contribution in [3.63, 3.8) is 0 Å². The zero-order chi connectivity index (χ0) is 12.8. The van der Waals surface area contributed by atoms with Crippen molar-refractivity contribution >= 4 is 0 Å². The smallest absolute Gasteiger partial charge is 0.0456 e. The number of rotatable bonds is 2. The van der Waals surface area contributed by atoms with Gasteiger partial charge in [-0.05, 0) is 36.6 Å². The SMILES string of the molecule is CC[C@@H](C#Cc1ccccc1)c1ccccc1C. The van der Waals surface area contributed by atoms with E-state index in [1.807, 2.05) is 18.2 Å². The average molecular weight is 234 g/mol. The Labute approximate surface area is 110 Å². The predicted molar refractivity (Wildman–Crippen MR) is 77.5 cm³/mol. The molecule has 0 amide bonds. The van der Waals surface area contributed by atoms with Crippen molar-refractivity contribution in [3.05, 3.63) is 71.3 Å². The van der Waals surface area contributed by atoms with Gasteiger partial charge in [0, 0.05) is 11.5 Å². The summed E-state index contributed by atoms with van der Waals surface area (Å²) in [6, 6.07) is 18.7. The second kappa shape index (κ2) is 6.07. The van der Waals surface area contributed by atoms with Gasteiger partial charge in [-0.3, -0.25) is 0 Å². The third kappa shape index (κ3) is 3.02. The molecule has 0 fully saturated rings. The lowest BCUT2D eigenvalue weighted by atomic mass is 9.93. The van der Waals surface area contributed by atoms with Crippen LogP contribution in [0.3, 0.4) is 0 Å². The van der Waals surface area contributed by atoms with Gasteiger partial charge in [-0.2, -0.15) is 0 Å². The Hall–Kier alpha value is -2.00. The molecule has 0 aliphatic heterocycles.